The van der Waals surface area contributed by atoms with Crippen molar-refractivity contribution in [3.8, 4) is 0 Å². The number of hydrogen-bond acceptors (Lipinski definition) is 12. The third kappa shape index (κ3) is 25.7. The highest BCUT2D eigenvalue weighted by Crippen LogP contribution is 2.47. The molecule has 6 atom stereocenters. The molecule has 14 heteroatoms. The van der Waals surface area contributed by atoms with Crippen LogP contribution >= 0.6 is 7.82 Å². The van der Waals surface area contributed by atoms with E-state index < -0.39 is 75.7 Å². The number of carbonyl (C=O) groups excluding carboxylic acids is 2. The van der Waals surface area contributed by atoms with Gasteiger partial charge in [0.1, 0.15) is 43.2 Å². The summed E-state index contributed by atoms with van der Waals surface area (Å²) in [6, 6.07) is 0. The Kier molecular flexibility index (Phi) is 30.9. The van der Waals surface area contributed by atoms with Crippen molar-refractivity contribution in [1.82, 2.24) is 0 Å². The molecular formula is C41H79O13P. The highest BCUT2D eigenvalue weighted by atomic mass is 31.2. The summed E-state index contributed by atoms with van der Waals surface area (Å²) in [7, 11) is -5.10. The van der Waals surface area contributed by atoms with E-state index in [2.05, 4.69) is 13.8 Å². The average molecular weight is 811 g/mol. The Hall–Kier alpha value is -1.15. The number of esters is 2. The van der Waals surface area contributed by atoms with Crippen LogP contribution in [0.1, 0.15) is 194 Å². The Labute approximate surface area is 331 Å². The molecule has 1 aliphatic rings. The zero-order chi connectivity index (χ0) is 40.7. The first-order valence-corrected chi connectivity index (χ1v) is 23.3. The summed E-state index contributed by atoms with van der Waals surface area (Å²) in [6.45, 7) is 3.28. The van der Waals surface area contributed by atoms with Crippen LogP contribution in [0.4, 0.5) is 0 Å². The maximum Gasteiger partial charge on any atom is 0.472 e. The summed E-state index contributed by atoms with van der Waals surface area (Å²) in [5.41, 5.74) is 0. The van der Waals surface area contributed by atoms with Gasteiger partial charge in [-0.25, -0.2) is 4.57 Å². The second-order valence-electron chi connectivity index (χ2n) is 15.6. The van der Waals surface area contributed by atoms with Gasteiger partial charge in [-0.15, -0.1) is 0 Å². The maximum absolute atomic E-state index is 12.8. The van der Waals surface area contributed by atoms with Crippen molar-refractivity contribution in [1.29, 1.82) is 0 Å². The van der Waals surface area contributed by atoms with Gasteiger partial charge in [0.15, 0.2) is 6.10 Å². The fourth-order valence-electron chi connectivity index (χ4n) is 6.88. The van der Waals surface area contributed by atoms with Crippen molar-refractivity contribution in [3.05, 3.63) is 0 Å². The SMILES string of the molecule is CCCCCCCCCCCCCCCCCCCC(=O)OC(COC(=O)CCCCCCCCCCC)COP(=O)(O)OC1C(O)C(O)C(O)C(O)C1O. The lowest BCUT2D eigenvalue weighted by Crippen LogP contribution is -2.64. The first kappa shape index (κ1) is 51.9. The van der Waals surface area contributed by atoms with Crippen molar-refractivity contribution in [2.75, 3.05) is 13.2 Å². The molecule has 55 heavy (non-hydrogen) atoms. The van der Waals surface area contributed by atoms with Crippen LogP contribution in [-0.4, -0.2) is 98.3 Å². The van der Waals surface area contributed by atoms with E-state index in [1.165, 1.54) is 116 Å². The summed E-state index contributed by atoms with van der Waals surface area (Å²) in [6.07, 6.45) is 17.5. The highest BCUT2D eigenvalue weighted by molar-refractivity contribution is 7.47. The molecule has 6 N–H and O–H groups in total. The molecule has 0 amide bonds. The molecule has 1 rings (SSSR count). The van der Waals surface area contributed by atoms with Crippen LogP contribution in [0.25, 0.3) is 0 Å². The monoisotopic (exact) mass is 811 g/mol. The Morgan fingerprint density at radius 3 is 1.20 bits per heavy atom. The smallest absolute Gasteiger partial charge is 0.462 e. The van der Waals surface area contributed by atoms with Gasteiger partial charge in [-0.3, -0.25) is 18.6 Å². The fourth-order valence-corrected chi connectivity index (χ4v) is 7.85. The van der Waals surface area contributed by atoms with E-state index in [0.29, 0.717) is 12.8 Å². The molecular weight excluding hydrogens is 731 g/mol. The molecule has 0 aromatic heterocycles. The van der Waals surface area contributed by atoms with Gasteiger partial charge in [0, 0.05) is 12.8 Å². The number of hydrogen-bond donors (Lipinski definition) is 6. The van der Waals surface area contributed by atoms with Gasteiger partial charge in [-0.2, -0.15) is 0 Å². The summed E-state index contributed by atoms with van der Waals surface area (Å²) in [5, 5.41) is 50.0. The minimum Gasteiger partial charge on any atom is -0.462 e. The Morgan fingerprint density at radius 2 is 0.818 bits per heavy atom. The molecule has 13 nitrogen and oxygen atoms in total. The molecule has 0 bridgehead atoms. The largest absolute Gasteiger partial charge is 0.472 e. The van der Waals surface area contributed by atoms with Crippen molar-refractivity contribution in [2.45, 2.75) is 236 Å². The van der Waals surface area contributed by atoms with Gasteiger partial charge < -0.3 is 39.9 Å². The number of carbonyl (C=O) groups is 2. The number of ether oxygens (including phenoxy) is 2. The second-order valence-corrected chi connectivity index (χ2v) is 17.0. The number of rotatable bonds is 36. The molecule has 0 aromatic carbocycles. The van der Waals surface area contributed by atoms with Crippen molar-refractivity contribution >= 4 is 19.8 Å². The lowest BCUT2D eigenvalue weighted by Gasteiger charge is -2.41. The first-order valence-electron chi connectivity index (χ1n) is 21.8. The van der Waals surface area contributed by atoms with Crippen molar-refractivity contribution in [3.63, 3.8) is 0 Å². The van der Waals surface area contributed by atoms with Gasteiger partial charge >= 0.3 is 19.8 Å². The van der Waals surface area contributed by atoms with Crippen LogP contribution in [0.2, 0.25) is 0 Å². The third-order valence-corrected chi connectivity index (χ3v) is 11.4. The zero-order valence-corrected chi connectivity index (χ0v) is 35.1. The first-order chi connectivity index (χ1) is 26.4. The second kappa shape index (κ2) is 32.8. The van der Waals surface area contributed by atoms with Gasteiger partial charge in [0.05, 0.1) is 6.61 Å². The normalized spacial score (nSPS) is 23.0. The number of aliphatic hydroxyl groups excluding tert-OH is 5. The number of aliphatic hydroxyl groups is 5. The van der Waals surface area contributed by atoms with E-state index in [1.807, 2.05) is 0 Å². The molecule has 0 saturated heterocycles. The third-order valence-electron chi connectivity index (χ3n) is 10.4. The topological polar surface area (TPSA) is 210 Å². The standard InChI is InChI=1S/C41H79O13P/c1-3-5-7-9-11-13-14-15-16-17-18-19-20-22-24-26-28-30-35(43)53-33(31-51-34(42)29-27-25-23-21-12-10-8-6-4-2)32-52-55(49,50)54-41-39(47)37(45)36(44)38(46)40(41)48/h33,36-41,44-48H,3-32H2,1-2H3,(H,49,50). The molecule has 326 valence electrons. The predicted molar refractivity (Wildman–Crippen MR) is 212 cm³/mol. The lowest BCUT2D eigenvalue weighted by atomic mass is 9.85. The van der Waals surface area contributed by atoms with Crippen molar-refractivity contribution in [2.24, 2.45) is 0 Å². The number of phosphoric ester groups is 1. The van der Waals surface area contributed by atoms with Crippen LogP contribution in [0.5, 0.6) is 0 Å². The molecule has 0 heterocycles. The van der Waals surface area contributed by atoms with E-state index in [9.17, 15) is 44.6 Å². The summed E-state index contributed by atoms with van der Waals surface area (Å²) >= 11 is 0. The molecule has 1 saturated carbocycles. The summed E-state index contributed by atoms with van der Waals surface area (Å²) in [5.74, 6) is -1.09. The highest BCUT2D eigenvalue weighted by Gasteiger charge is 2.51. The van der Waals surface area contributed by atoms with E-state index in [0.717, 1.165) is 38.5 Å². The minimum absolute atomic E-state index is 0.105. The lowest BCUT2D eigenvalue weighted by molar-refractivity contribution is -0.220. The van der Waals surface area contributed by atoms with Crippen LogP contribution in [0.3, 0.4) is 0 Å². The molecule has 1 fully saturated rings. The van der Waals surface area contributed by atoms with E-state index in [4.69, 9.17) is 18.5 Å². The van der Waals surface area contributed by atoms with Gasteiger partial charge in [0.25, 0.3) is 0 Å². The Morgan fingerprint density at radius 1 is 0.491 bits per heavy atom. The van der Waals surface area contributed by atoms with Crippen LogP contribution in [-0.2, 0) is 32.7 Å². The van der Waals surface area contributed by atoms with Crippen molar-refractivity contribution < 1.29 is 63.1 Å². The molecule has 0 spiro atoms. The van der Waals surface area contributed by atoms with Crippen LogP contribution in [0, 0.1) is 0 Å². The molecule has 0 radical (unpaired) electrons. The summed E-state index contributed by atoms with van der Waals surface area (Å²) in [4.78, 5) is 35.5. The molecule has 0 aromatic rings. The fraction of sp³-hybridized carbons (Fsp3) is 0.951. The Balaban J connectivity index is 2.44. The van der Waals surface area contributed by atoms with E-state index in [1.54, 1.807) is 0 Å². The van der Waals surface area contributed by atoms with E-state index >= 15 is 0 Å². The average Bonchev–Trinajstić information content (AvgIpc) is 3.16. The Bertz CT molecular complexity index is 985. The van der Waals surface area contributed by atoms with Gasteiger partial charge in [-0.1, -0.05) is 168 Å². The van der Waals surface area contributed by atoms with Gasteiger partial charge in [-0.05, 0) is 12.8 Å². The quantitative estimate of drug-likeness (QED) is 0.0204. The number of phosphoric acid groups is 1. The van der Waals surface area contributed by atoms with E-state index in [-0.39, 0.29) is 12.8 Å². The molecule has 1 aliphatic carbocycles. The van der Waals surface area contributed by atoms with Crippen LogP contribution in [0.15, 0.2) is 0 Å². The minimum atomic E-state index is -5.10. The number of unbranched alkanes of at least 4 members (excludes halogenated alkanes) is 24. The maximum atomic E-state index is 12.8. The molecule has 6 unspecified atom stereocenters. The van der Waals surface area contributed by atoms with Crippen LogP contribution < -0.4 is 0 Å². The predicted octanol–water partition coefficient (Wildman–Crippen LogP) is 7.72. The zero-order valence-electron chi connectivity index (χ0n) is 34.2. The van der Waals surface area contributed by atoms with Gasteiger partial charge in [0.2, 0.25) is 0 Å². The summed E-state index contributed by atoms with van der Waals surface area (Å²) < 4.78 is 33.4. The molecule has 0 aliphatic heterocycles.